The number of hydrogen-bond acceptors (Lipinski definition) is 5. The fraction of sp³-hybridized carbons (Fsp3) is 0.500. The van der Waals surface area contributed by atoms with Crippen LogP contribution in [0, 0.1) is 0 Å². The zero-order valence-electron chi connectivity index (χ0n) is 12.4. The van der Waals surface area contributed by atoms with E-state index < -0.39 is 5.41 Å². The summed E-state index contributed by atoms with van der Waals surface area (Å²) in [6.07, 6.45) is 0.891. The minimum atomic E-state index is -0.701. The molecule has 6 nitrogen and oxygen atoms in total. The number of rotatable bonds is 1. The molecule has 1 aromatic carbocycles. The first-order chi connectivity index (χ1) is 10.7. The van der Waals surface area contributed by atoms with E-state index in [2.05, 4.69) is 21.6 Å². The number of imide groups is 1. The lowest BCUT2D eigenvalue weighted by Crippen LogP contribution is -2.52. The average molecular weight is 301 g/mol. The number of carbonyl (C=O) groups is 2. The SMILES string of the molecule is O=C1CCC2(COc3c(N4CCNCC4)cccc32)C(=O)N1. The molecular weight excluding hydrogens is 282 g/mol. The van der Waals surface area contributed by atoms with E-state index in [1.54, 1.807) is 0 Å². The first kappa shape index (κ1) is 13.6. The number of nitrogens with zero attached hydrogens (tertiary/aromatic N) is 1. The van der Waals surface area contributed by atoms with Crippen LogP contribution in [0.1, 0.15) is 18.4 Å². The molecule has 2 N–H and O–H groups in total. The third-order valence-corrected chi connectivity index (χ3v) is 4.90. The normalized spacial score (nSPS) is 27.5. The van der Waals surface area contributed by atoms with Crippen LogP contribution >= 0.6 is 0 Å². The number of hydrogen-bond donors (Lipinski definition) is 2. The molecular formula is C16H19N3O3. The van der Waals surface area contributed by atoms with E-state index in [1.165, 1.54) is 0 Å². The summed E-state index contributed by atoms with van der Waals surface area (Å²) in [7, 11) is 0. The van der Waals surface area contributed by atoms with E-state index in [0.717, 1.165) is 43.2 Å². The van der Waals surface area contributed by atoms with Crippen LogP contribution in [0.4, 0.5) is 5.69 Å². The molecule has 0 saturated carbocycles. The van der Waals surface area contributed by atoms with Gasteiger partial charge in [0.25, 0.3) is 0 Å². The minimum absolute atomic E-state index is 0.192. The molecule has 2 saturated heterocycles. The molecule has 2 amide bonds. The van der Waals surface area contributed by atoms with E-state index in [1.807, 2.05) is 12.1 Å². The molecule has 0 aromatic heterocycles. The van der Waals surface area contributed by atoms with Crippen molar-refractivity contribution < 1.29 is 14.3 Å². The number of para-hydroxylation sites is 1. The van der Waals surface area contributed by atoms with Gasteiger partial charge in [0.2, 0.25) is 11.8 Å². The van der Waals surface area contributed by atoms with Gasteiger partial charge in [0.1, 0.15) is 17.8 Å². The maximum Gasteiger partial charge on any atom is 0.240 e. The van der Waals surface area contributed by atoms with Crippen molar-refractivity contribution in [2.75, 3.05) is 37.7 Å². The Bertz CT molecular complexity index is 640. The smallest absolute Gasteiger partial charge is 0.240 e. The summed E-state index contributed by atoms with van der Waals surface area (Å²) in [5.74, 6) is 0.399. The quantitative estimate of drug-likeness (QED) is 0.723. The molecule has 3 aliphatic rings. The second-order valence-corrected chi connectivity index (χ2v) is 6.14. The monoisotopic (exact) mass is 301 g/mol. The van der Waals surface area contributed by atoms with Crippen LogP contribution in [-0.4, -0.2) is 44.6 Å². The first-order valence-corrected chi connectivity index (χ1v) is 7.77. The van der Waals surface area contributed by atoms with E-state index in [0.29, 0.717) is 19.4 Å². The average Bonchev–Trinajstić information content (AvgIpc) is 2.92. The van der Waals surface area contributed by atoms with Gasteiger partial charge in [-0.3, -0.25) is 14.9 Å². The third-order valence-electron chi connectivity index (χ3n) is 4.90. The van der Waals surface area contributed by atoms with Crippen molar-refractivity contribution in [3.8, 4) is 5.75 Å². The lowest BCUT2D eigenvalue weighted by atomic mass is 9.75. The molecule has 22 heavy (non-hydrogen) atoms. The highest BCUT2D eigenvalue weighted by molar-refractivity contribution is 6.04. The number of carbonyl (C=O) groups excluding carboxylic acids is 2. The van der Waals surface area contributed by atoms with Gasteiger partial charge in [0.05, 0.1) is 5.69 Å². The van der Waals surface area contributed by atoms with Gasteiger partial charge in [-0.25, -0.2) is 0 Å². The summed E-state index contributed by atoms with van der Waals surface area (Å²) in [5, 5.41) is 5.81. The summed E-state index contributed by atoms with van der Waals surface area (Å²) in [4.78, 5) is 26.2. The summed E-state index contributed by atoms with van der Waals surface area (Å²) >= 11 is 0. The predicted molar refractivity (Wildman–Crippen MR) is 81.1 cm³/mol. The molecule has 1 unspecified atom stereocenters. The fourth-order valence-corrected chi connectivity index (χ4v) is 3.63. The van der Waals surface area contributed by atoms with Crippen LogP contribution < -0.4 is 20.3 Å². The maximum atomic E-state index is 12.4. The molecule has 1 spiro atoms. The van der Waals surface area contributed by atoms with Crippen molar-refractivity contribution in [3.63, 3.8) is 0 Å². The fourth-order valence-electron chi connectivity index (χ4n) is 3.63. The second kappa shape index (κ2) is 4.98. The Labute approximate surface area is 128 Å². The molecule has 4 rings (SSSR count). The van der Waals surface area contributed by atoms with Crippen molar-refractivity contribution in [1.29, 1.82) is 0 Å². The Morgan fingerprint density at radius 3 is 2.77 bits per heavy atom. The van der Waals surface area contributed by atoms with Gasteiger partial charge in [0, 0.05) is 38.2 Å². The minimum Gasteiger partial charge on any atom is -0.490 e. The van der Waals surface area contributed by atoms with Crippen LogP contribution in [0.25, 0.3) is 0 Å². The first-order valence-electron chi connectivity index (χ1n) is 7.77. The lowest BCUT2D eigenvalue weighted by Gasteiger charge is -2.31. The number of amides is 2. The predicted octanol–water partition coefficient (Wildman–Crippen LogP) is 0.163. The zero-order valence-corrected chi connectivity index (χ0v) is 12.4. The Morgan fingerprint density at radius 2 is 2.00 bits per heavy atom. The molecule has 0 radical (unpaired) electrons. The topological polar surface area (TPSA) is 70.7 Å². The molecule has 3 heterocycles. The summed E-state index contributed by atoms with van der Waals surface area (Å²) in [5.41, 5.74) is 1.28. The van der Waals surface area contributed by atoms with Gasteiger partial charge < -0.3 is 15.0 Å². The van der Waals surface area contributed by atoms with E-state index in [9.17, 15) is 9.59 Å². The number of benzene rings is 1. The van der Waals surface area contributed by atoms with Crippen LogP contribution in [0.3, 0.4) is 0 Å². The largest absolute Gasteiger partial charge is 0.490 e. The van der Waals surface area contributed by atoms with E-state index in [4.69, 9.17) is 4.74 Å². The molecule has 3 aliphatic heterocycles. The summed E-state index contributed by atoms with van der Waals surface area (Å²) in [6.45, 7) is 4.08. The van der Waals surface area contributed by atoms with E-state index >= 15 is 0 Å². The van der Waals surface area contributed by atoms with Crippen LogP contribution in [0.2, 0.25) is 0 Å². The van der Waals surface area contributed by atoms with Crippen molar-refractivity contribution in [1.82, 2.24) is 10.6 Å². The highest BCUT2D eigenvalue weighted by Crippen LogP contribution is 2.48. The summed E-state index contributed by atoms with van der Waals surface area (Å²) in [6, 6.07) is 5.99. The molecule has 6 heteroatoms. The highest BCUT2D eigenvalue weighted by Gasteiger charge is 2.50. The van der Waals surface area contributed by atoms with Crippen molar-refractivity contribution in [3.05, 3.63) is 23.8 Å². The molecule has 116 valence electrons. The number of piperazine rings is 1. The molecule has 0 bridgehead atoms. The van der Waals surface area contributed by atoms with Gasteiger partial charge in [-0.05, 0) is 12.5 Å². The van der Waals surface area contributed by atoms with Gasteiger partial charge in [-0.1, -0.05) is 12.1 Å². The number of ether oxygens (including phenoxy) is 1. The molecule has 2 fully saturated rings. The molecule has 0 aliphatic carbocycles. The standard InChI is InChI=1S/C16H19N3O3/c20-13-4-5-16(15(21)18-13)10-22-14-11(16)2-1-3-12(14)19-8-6-17-7-9-19/h1-3,17H,4-10H2,(H,18,20,21). The summed E-state index contributed by atoms with van der Waals surface area (Å²) < 4.78 is 5.95. The van der Waals surface area contributed by atoms with Crippen molar-refractivity contribution >= 4 is 17.5 Å². The third kappa shape index (κ3) is 1.90. The molecule has 1 aromatic rings. The number of anilines is 1. The number of fused-ring (bicyclic) bond motifs is 2. The Hall–Kier alpha value is -2.08. The lowest BCUT2D eigenvalue weighted by molar-refractivity contribution is -0.138. The Morgan fingerprint density at radius 1 is 1.18 bits per heavy atom. The highest BCUT2D eigenvalue weighted by atomic mass is 16.5. The zero-order chi connectivity index (χ0) is 15.2. The maximum absolute atomic E-state index is 12.4. The van der Waals surface area contributed by atoms with Crippen LogP contribution in [0.5, 0.6) is 5.75 Å². The number of piperidine rings is 1. The van der Waals surface area contributed by atoms with Gasteiger partial charge in [-0.2, -0.15) is 0 Å². The second-order valence-electron chi connectivity index (χ2n) is 6.14. The van der Waals surface area contributed by atoms with Crippen LogP contribution in [0.15, 0.2) is 18.2 Å². The van der Waals surface area contributed by atoms with E-state index in [-0.39, 0.29) is 11.8 Å². The van der Waals surface area contributed by atoms with Crippen molar-refractivity contribution in [2.45, 2.75) is 18.3 Å². The van der Waals surface area contributed by atoms with Crippen LogP contribution in [-0.2, 0) is 15.0 Å². The van der Waals surface area contributed by atoms with Gasteiger partial charge in [0.15, 0.2) is 0 Å². The van der Waals surface area contributed by atoms with Crippen molar-refractivity contribution in [2.24, 2.45) is 0 Å². The molecule has 1 atom stereocenters. The number of nitrogens with one attached hydrogen (secondary N) is 2. The Kier molecular flexibility index (Phi) is 3.07. The Balaban J connectivity index is 1.73. The van der Waals surface area contributed by atoms with Gasteiger partial charge >= 0.3 is 0 Å². The van der Waals surface area contributed by atoms with Gasteiger partial charge in [-0.15, -0.1) is 0 Å².